The molecule has 2 N–H and O–H groups in total. The van der Waals surface area contributed by atoms with Crippen LogP contribution in [0.3, 0.4) is 0 Å². The second kappa shape index (κ2) is 7.76. The first-order chi connectivity index (χ1) is 13.3. The molecule has 0 aromatic heterocycles. The Bertz CT molecular complexity index is 1120. The van der Waals surface area contributed by atoms with Gasteiger partial charge in [-0.3, -0.25) is 0 Å². The molecule has 0 saturated heterocycles. The first-order valence-electron chi connectivity index (χ1n) is 9.09. The van der Waals surface area contributed by atoms with Crippen LogP contribution in [0.1, 0.15) is 0 Å². The number of nitrogens with two attached hydrogens (primary N) is 1. The highest BCUT2D eigenvalue weighted by Crippen LogP contribution is 2.26. The lowest BCUT2D eigenvalue weighted by Gasteiger charge is -2.04. The van der Waals surface area contributed by atoms with E-state index in [9.17, 15) is 0 Å². The summed E-state index contributed by atoms with van der Waals surface area (Å²) in [5, 5.41) is 4.84. The van der Waals surface area contributed by atoms with Crippen LogP contribution in [0.5, 0.6) is 0 Å². The largest absolute Gasteiger partial charge is 0.398 e. The zero-order chi connectivity index (χ0) is 18.5. The molecule has 0 unspecified atom stereocenters. The summed E-state index contributed by atoms with van der Waals surface area (Å²) in [6, 6.07) is 39.5. The number of rotatable bonds is 1. The lowest BCUT2D eigenvalue weighted by Crippen LogP contribution is -1.86. The number of hydrogen-bond donors (Lipinski definition) is 1. The molecule has 0 atom stereocenters. The highest BCUT2D eigenvalue weighted by molar-refractivity contribution is 6.03. The molecule has 0 radical (unpaired) electrons. The molecule has 5 aromatic carbocycles. The first-order valence-corrected chi connectivity index (χ1v) is 9.09. The maximum Gasteiger partial charge on any atom is 0.0393 e. The van der Waals surface area contributed by atoms with Crippen molar-refractivity contribution in [2.75, 3.05) is 5.73 Å². The van der Waals surface area contributed by atoms with Crippen molar-refractivity contribution in [1.29, 1.82) is 0 Å². The van der Waals surface area contributed by atoms with Crippen LogP contribution in [0, 0.1) is 0 Å². The van der Waals surface area contributed by atoms with Crippen molar-refractivity contribution in [3.63, 3.8) is 0 Å². The molecule has 5 aromatic rings. The number of hydrogen-bond acceptors (Lipinski definition) is 1. The molecule has 5 rings (SSSR count). The van der Waals surface area contributed by atoms with E-state index >= 15 is 0 Å². The molecule has 130 valence electrons. The molecule has 27 heavy (non-hydrogen) atoms. The fourth-order valence-electron chi connectivity index (χ4n) is 3.25. The summed E-state index contributed by atoms with van der Waals surface area (Å²) in [5.74, 6) is 0. The van der Waals surface area contributed by atoms with Gasteiger partial charge in [0.1, 0.15) is 0 Å². The highest BCUT2D eigenvalue weighted by atomic mass is 14.5. The lowest BCUT2D eigenvalue weighted by atomic mass is 10.0. The van der Waals surface area contributed by atoms with Crippen LogP contribution in [0.15, 0.2) is 115 Å². The molecule has 1 nitrogen and oxygen atoms in total. The Hall–Kier alpha value is -3.58. The molecule has 0 aliphatic carbocycles. The third-order valence-electron chi connectivity index (χ3n) is 4.66. The second-order valence-electron chi connectivity index (χ2n) is 6.50. The standard InChI is InChI=1S/C14H11N.C12H10/c15-14-7-3-6-12-8-10-4-1-2-5-11(10)9-13(12)14;1-3-7-11(8-4-1)12-9-5-2-6-10-12/h1-9H,15H2;1-10H. The van der Waals surface area contributed by atoms with Crippen LogP contribution >= 0.6 is 0 Å². The molecule has 0 spiro atoms. The molecule has 0 aliphatic heterocycles. The predicted molar refractivity (Wildman–Crippen MR) is 118 cm³/mol. The van der Waals surface area contributed by atoms with E-state index in [1.807, 2.05) is 30.3 Å². The van der Waals surface area contributed by atoms with Gasteiger partial charge in [0, 0.05) is 11.1 Å². The first kappa shape index (κ1) is 16.9. The van der Waals surface area contributed by atoms with E-state index in [1.54, 1.807) is 0 Å². The van der Waals surface area contributed by atoms with Gasteiger partial charge in [0.2, 0.25) is 0 Å². The minimum absolute atomic E-state index is 0.846. The van der Waals surface area contributed by atoms with Crippen LogP contribution in [0.4, 0.5) is 5.69 Å². The van der Waals surface area contributed by atoms with Crippen LogP contribution < -0.4 is 5.73 Å². The fraction of sp³-hybridized carbons (Fsp3) is 0. The van der Waals surface area contributed by atoms with Crippen molar-refractivity contribution in [2.45, 2.75) is 0 Å². The maximum atomic E-state index is 5.95. The Morgan fingerprint density at radius 3 is 1.48 bits per heavy atom. The van der Waals surface area contributed by atoms with E-state index in [4.69, 9.17) is 5.73 Å². The summed E-state index contributed by atoms with van der Waals surface area (Å²) >= 11 is 0. The van der Waals surface area contributed by atoms with Crippen molar-refractivity contribution < 1.29 is 0 Å². The molecular formula is C26H21N. The minimum atomic E-state index is 0.846. The van der Waals surface area contributed by atoms with Gasteiger partial charge in [-0.05, 0) is 45.5 Å². The van der Waals surface area contributed by atoms with Crippen molar-refractivity contribution in [1.82, 2.24) is 0 Å². The van der Waals surface area contributed by atoms with E-state index in [-0.39, 0.29) is 0 Å². The SMILES string of the molecule is Nc1cccc2cc3ccccc3cc12.c1ccc(-c2ccccc2)cc1. The summed E-state index contributed by atoms with van der Waals surface area (Å²) in [4.78, 5) is 0. The third kappa shape index (κ3) is 3.83. The average molecular weight is 347 g/mol. The zero-order valence-electron chi connectivity index (χ0n) is 15.0. The summed E-state index contributed by atoms with van der Waals surface area (Å²) in [6.45, 7) is 0. The van der Waals surface area contributed by atoms with Gasteiger partial charge < -0.3 is 5.73 Å². The Labute approximate surface area is 159 Å². The highest BCUT2D eigenvalue weighted by Gasteiger charge is 1.99. The molecule has 0 saturated carbocycles. The van der Waals surface area contributed by atoms with Gasteiger partial charge in [-0.2, -0.15) is 0 Å². The van der Waals surface area contributed by atoms with Crippen LogP contribution in [-0.2, 0) is 0 Å². The molecule has 0 bridgehead atoms. The van der Waals surface area contributed by atoms with Crippen LogP contribution in [0.2, 0.25) is 0 Å². The lowest BCUT2D eigenvalue weighted by molar-refractivity contribution is 1.62. The summed E-state index contributed by atoms with van der Waals surface area (Å²) < 4.78 is 0. The monoisotopic (exact) mass is 347 g/mol. The quantitative estimate of drug-likeness (QED) is 0.258. The fourth-order valence-corrected chi connectivity index (χ4v) is 3.25. The normalized spacial score (nSPS) is 10.4. The van der Waals surface area contributed by atoms with E-state index < -0.39 is 0 Å². The number of fused-ring (bicyclic) bond motifs is 2. The molecule has 0 heterocycles. The van der Waals surface area contributed by atoms with Gasteiger partial charge in [0.25, 0.3) is 0 Å². The van der Waals surface area contributed by atoms with Crippen molar-refractivity contribution in [2.24, 2.45) is 0 Å². The summed E-state index contributed by atoms with van der Waals surface area (Å²) in [6.07, 6.45) is 0. The zero-order valence-corrected chi connectivity index (χ0v) is 15.0. The van der Waals surface area contributed by atoms with Gasteiger partial charge in [0.15, 0.2) is 0 Å². The molecule has 0 aliphatic rings. The maximum absolute atomic E-state index is 5.95. The van der Waals surface area contributed by atoms with Crippen molar-refractivity contribution in [3.8, 4) is 11.1 Å². The van der Waals surface area contributed by atoms with Gasteiger partial charge in [-0.25, -0.2) is 0 Å². The molecular weight excluding hydrogens is 326 g/mol. The van der Waals surface area contributed by atoms with Gasteiger partial charge in [0.05, 0.1) is 0 Å². The Morgan fingerprint density at radius 2 is 0.889 bits per heavy atom. The number of nitrogen functional groups attached to an aromatic ring is 1. The minimum Gasteiger partial charge on any atom is -0.398 e. The Morgan fingerprint density at radius 1 is 0.407 bits per heavy atom. The van der Waals surface area contributed by atoms with Gasteiger partial charge in [-0.1, -0.05) is 97.1 Å². The van der Waals surface area contributed by atoms with E-state index in [0.29, 0.717) is 0 Å². The average Bonchev–Trinajstić information content (AvgIpc) is 2.75. The topological polar surface area (TPSA) is 26.0 Å². The molecule has 1 heteroatoms. The van der Waals surface area contributed by atoms with Gasteiger partial charge >= 0.3 is 0 Å². The Balaban J connectivity index is 0.000000137. The predicted octanol–water partition coefficient (Wildman–Crippen LogP) is 6.93. The van der Waals surface area contributed by atoms with E-state index in [1.165, 1.54) is 27.3 Å². The third-order valence-corrected chi connectivity index (χ3v) is 4.66. The van der Waals surface area contributed by atoms with Crippen LogP contribution in [-0.4, -0.2) is 0 Å². The molecule has 0 fully saturated rings. The van der Waals surface area contributed by atoms with Crippen LogP contribution in [0.25, 0.3) is 32.7 Å². The van der Waals surface area contributed by atoms with E-state index in [2.05, 4.69) is 84.9 Å². The van der Waals surface area contributed by atoms with Crippen molar-refractivity contribution >= 4 is 27.2 Å². The number of anilines is 1. The smallest absolute Gasteiger partial charge is 0.0393 e. The summed E-state index contributed by atoms with van der Waals surface area (Å²) in [5.41, 5.74) is 9.34. The van der Waals surface area contributed by atoms with Crippen molar-refractivity contribution in [3.05, 3.63) is 115 Å². The number of benzene rings is 5. The second-order valence-corrected chi connectivity index (χ2v) is 6.50. The molecule has 0 amide bonds. The van der Waals surface area contributed by atoms with Gasteiger partial charge in [-0.15, -0.1) is 0 Å². The van der Waals surface area contributed by atoms with E-state index in [0.717, 1.165) is 11.1 Å². The Kier molecular flexibility index (Phi) is 4.84. The summed E-state index contributed by atoms with van der Waals surface area (Å²) in [7, 11) is 0.